The van der Waals surface area contributed by atoms with E-state index in [1.54, 1.807) is 0 Å². The minimum atomic E-state index is 0.835. The van der Waals surface area contributed by atoms with Gasteiger partial charge in [0.15, 0.2) is 0 Å². The normalized spacial score (nSPS) is 16.4. The lowest BCUT2D eigenvalue weighted by atomic mass is 10.2. The molecule has 0 radical (unpaired) electrons. The lowest BCUT2D eigenvalue weighted by molar-refractivity contribution is 0.580. The van der Waals surface area contributed by atoms with E-state index in [0.29, 0.717) is 0 Å². The van der Waals surface area contributed by atoms with Crippen LogP contribution in [-0.4, -0.2) is 36.1 Å². The van der Waals surface area contributed by atoms with Crippen molar-refractivity contribution >= 4 is 32.8 Å². The maximum Gasteiger partial charge on any atom is 0.225 e. The molecule has 2 aromatic rings. The number of fused-ring (bicyclic) bond motifs is 1. The molecule has 17 heavy (non-hydrogen) atoms. The molecule has 1 aliphatic heterocycles. The van der Waals surface area contributed by atoms with E-state index < -0.39 is 0 Å². The van der Waals surface area contributed by atoms with Gasteiger partial charge in [0, 0.05) is 42.2 Å². The highest BCUT2D eigenvalue weighted by molar-refractivity contribution is 9.10. The van der Waals surface area contributed by atoms with Crippen molar-refractivity contribution in [3.63, 3.8) is 0 Å². The van der Waals surface area contributed by atoms with Crippen LogP contribution in [0.3, 0.4) is 0 Å². The van der Waals surface area contributed by atoms with E-state index in [9.17, 15) is 0 Å². The van der Waals surface area contributed by atoms with Crippen molar-refractivity contribution in [2.24, 2.45) is 0 Å². The highest BCUT2D eigenvalue weighted by Gasteiger charge is 2.13. The van der Waals surface area contributed by atoms with Crippen LogP contribution in [0.25, 0.3) is 10.9 Å². The average molecular weight is 293 g/mol. The summed E-state index contributed by atoms with van der Waals surface area (Å²) in [5.41, 5.74) is 0.997. The van der Waals surface area contributed by atoms with Crippen LogP contribution in [0, 0.1) is 0 Å². The van der Waals surface area contributed by atoms with Crippen LogP contribution in [0.5, 0.6) is 0 Å². The molecule has 0 spiro atoms. The van der Waals surface area contributed by atoms with Gasteiger partial charge in [-0.2, -0.15) is 0 Å². The Labute approximate surface area is 108 Å². The number of anilines is 1. The topological polar surface area (TPSA) is 41.1 Å². The summed E-state index contributed by atoms with van der Waals surface area (Å²) in [6.45, 7) is 3.95. The molecule has 88 valence electrons. The molecular formula is C12H13BrN4. The van der Waals surface area contributed by atoms with Crippen LogP contribution in [0.2, 0.25) is 0 Å². The van der Waals surface area contributed by atoms with Gasteiger partial charge in [-0.05, 0) is 18.2 Å². The zero-order chi connectivity index (χ0) is 11.7. The first-order valence-electron chi connectivity index (χ1n) is 5.71. The van der Waals surface area contributed by atoms with E-state index >= 15 is 0 Å². The molecule has 0 aliphatic carbocycles. The summed E-state index contributed by atoms with van der Waals surface area (Å²) in [6, 6.07) is 6.07. The van der Waals surface area contributed by atoms with E-state index in [-0.39, 0.29) is 0 Å². The van der Waals surface area contributed by atoms with E-state index in [0.717, 1.165) is 47.5 Å². The number of hydrogen-bond acceptors (Lipinski definition) is 4. The number of benzene rings is 1. The molecule has 1 saturated heterocycles. The lowest BCUT2D eigenvalue weighted by Gasteiger charge is -2.27. The maximum absolute atomic E-state index is 4.61. The highest BCUT2D eigenvalue weighted by Crippen LogP contribution is 2.19. The first kappa shape index (κ1) is 10.9. The van der Waals surface area contributed by atoms with Gasteiger partial charge >= 0.3 is 0 Å². The molecule has 1 fully saturated rings. The van der Waals surface area contributed by atoms with E-state index in [2.05, 4.69) is 36.1 Å². The number of hydrogen-bond donors (Lipinski definition) is 1. The van der Waals surface area contributed by atoms with Crippen molar-refractivity contribution in [2.75, 3.05) is 31.1 Å². The Morgan fingerprint density at radius 2 is 2.06 bits per heavy atom. The van der Waals surface area contributed by atoms with Crippen molar-refractivity contribution in [3.05, 3.63) is 28.9 Å². The molecule has 3 rings (SSSR count). The van der Waals surface area contributed by atoms with E-state index in [1.807, 2.05) is 24.4 Å². The largest absolute Gasteiger partial charge is 0.338 e. The van der Waals surface area contributed by atoms with Gasteiger partial charge in [0.2, 0.25) is 5.95 Å². The monoisotopic (exact) mass is 292 g/mol. The van der Waals surface area contributed by atoms with Crippen molar-refractivity contribution < 1.29 is 0 Å². The summed E-state index contributed by atoms with van der Waals surface area (Å²) in [5, 5.41) is 4.39. The van der Waals surface area contributed by atoms with Gasteiger partial charge in [-0.3, -0.25) is 0 Å². The van der Waals surface area contributed by atoms with Gasteiger partial charge in [0.05, 0.1) is 5.52 Å². The first-order valence-corrected chi connectivity index (χ1v) is 6.50. The molecule has 5 heteroatoms. The molecule has 4 nitrogen and oxygen atoms in total. The average Bonchev–Trinajstić information content (AvgIpc) is 2.39. The third-order valence-corrected chi connectivity index (χ3v) is 3.42. The summed E-state index contributed by atoms with van der Waals surface area (Å²) >= 11 is 3.45. The summed E-state index contributed by atoms with van der Waals surface area (Å²) in [7, 11) is 0. The predicted octanol–water partition coefficient (Wildman–Crippen LogP) is 1.80. The van der Waals surface area contributed by atoms with Gasteiger partial charge in [0.1, 0.15) is 0 Å². The molecule has 0 amide bonds. The molecule has 0 bridgehead atoms. The zero-order valence-electron chi connectivity index (χ0n) is 9.36. The van der Waals surface area contributed by atoms with Gasteiger partial charge in [-0.25, -0.2) is 9.97 Å². The lowest BCUT2D eigenvalue weighted by Crippen LogP contribution is -2.44. The Kier molecular flexibility index (Phi) is 2.94. The number of halogens is 1. The third-order valence-electron chi connectivity index (χ3n) is 2.93. The Hall–Kier alpha value is -1.20. The second kappa shape index (κ2) is 4.58. The Morgan fingerprint density at radius 1 is 1.24 bits per heavy atom. The summed E-state index contributed by atoms with van der Waals surface area (Å²) in [5.74, 6) is 0.835. The Bertz CT molecular complexity index is 537. The molecule has 0 atom stereocenters. The van der Waals surface area contributed by atoms with Gasteiger partial charge < -0.3 is 10.2 Å². The molecule has 1 N–H and O–H groups in total. The van der Waals surface area contributed by atoms with E-state index in [4.69, 9.17) is 0 Å². The van der Waals surface area contributed by atoms with Gasteiger partial charge in [0.25, 0.3) is 0 Å². The fraction of sp³-hybridized carbons (Fsp3) is 0.333. The number of nitrogens with zero attached hydrogens (tertiary/aromatic N) is 3. The van der Waals surface area contributed by atoms with Crippen LogP contribution < -0.4 is 10.2 Å². The van der Waals surface area contributed by atoms with Crippen molar-refractivity contribution in [1.29, 1.82) is 0 Å². The second-order valence-corrected chi connectivity index (χ2v) is 5.03. The Morgan fingerprint density at radius 3 is 2.88 bits per heavy atom. The summed E-state index contributed by atoms with van der Waals surface area (Å²) < 4.78 is 1.06. The van der Waals surface area contributed by atoms with Crippen molar-refractivity contribution in [2.45, 2.75) is 0 Å². The summed E-state index contributed by atoms with van der Waals surface area (Å²) in [4.78, 5) is 11.3. The molecule has 0 unspecified atom stereocenters. The van der Waals surface area contributed by atoms with Crippen molar-refractivity contribution in [1.82, 2.24) is 15.3 Å². The summed E-state index contributed by atoms with van der Waals surface area (Å²) in [6.07, 6.45) is 1.89. The molecule has 2 heterocycles. The minimum absolute atomic E-state index is 0.835. The quantitative estimate of drug-likeness (QED) is 0.870. The SMILES string of the molecule is Brc1ccc2nc(N3CCNCC3)ncc2c1. The van der Waals surface area contributed by atoms with Crippen LogP contribution in [-0.2, 0) is 0 Å². The molecule has 0 saturated carbocycles. The molecular weight excluding hydrogens is 280 g/mol. The van der Waals surface area contributed by atoms with Crippen LogP contribution in [0.15, 0.2) is 28.9 Å². The number of aromatic nitrogens is 2. The van der Waals surface area contributed by atoms with Crippen LogP contribution >= 0.6 is 15.9 Å². The third kappa shape index (κ3) is 2.25. The highest BCUT2D eigenvalue weighted by atomic mass is 79.9. The fourth-order valence-corrected chi connectivity index (χ4v) is 2.39. The van der Waals surface area contributed by atoms with Crippen LogP contribution in [0.4, 0.5) is 5.95 Å². The number of piperazine rings is 1. The first-order chi connectivity index (χ1) is 8.33. The van der Waals surface area contributed by atoms with E-state index in [1.165, 1.54) is 0 Å². The standard InChI is InChI=1S/C12H13BrN4/c13-10-1-2-11-9(7-10)8-15-12(16-11)17-5-3-14-4-6-17/h1-2,7-8,14H,3-6H2. The van der Waals surface area contributed by atoms with Gasteiger partial charge in [-0.1, -0.05) is 15.9 Å². The second-order valence-electron chi connectivity index (χ2n) is 4.11. The number of rotatable bonds is 1. The van der Waals surface area contributed by atoms with Gasteiger partial charge in [-0.15, -0.1) is 0 Å². The molecule has 1 aliphatic rings. The molecule has 1 aromatic heterocycles. The maximum atomic E-state index is 4.61. The van der Waals surface area contributed by atoms with Crippen LogP contribution in [0.1, 0.15) is 0 Å². The minimum Gasteiger partial charge on any atom is -0.338 e. The zero-order valence-corrected chi connectivity index (χ0v) is 10.9. The van der Waals surface area contributed by atoms with Crippen molar-refractivity contribution in [3.8, 4) is 0 Å². The Balaban J connectivity index is 1.98. The molecule has 1 aromatic carbocycles. The predicted molar refractivity (Wildman–Crippen MR) is 72.3 cm³/mol. The fourth-order valence-electron chi connectivity index (χ4n) is 2.01. The number of nitrogens with one attached hydrogen (secondary N) is 1. The smallest absolute Gasteiger partial charge is 0.225 e.